The number of ether oxygens (including phenoxy) is 2. The SMILES string of the molecule is COC(c1ccc(F)cc1)c1ccc(N2CCC(Oc3ncccc3Cl)C2)c(CO)c1. The summed E-state index contributed by atoms with van der Waals surface area (Å²) in [6.07, 6.45) is 2.10. The summed E-state index contributed by atoms with van der Waals surface area (Å²) in [7, 11) is 1.62. The molecule has 0 aliphatic carbocycles. The normalized spacial score (nSPS) is 17.0. The van der Waals surface area contributed by atoms with E-state index in [0.717, 1.165) is 35.3 Å². The maximum atomic E-state index is 13.3. The van der Waals surface area contributed by atoms with E-state index in [1.807, 2.05) is 18.2 Å². The molecule has 7 heteroatoms. The Balaban J connectivity index is 1.52. The summed E-state index contributed by atoms with van der Waals surface area (Å²) in [5.41, 5.74) is 3.51. The summed E-state index contributed by atoms with van der Waals surface area (Å²) < 4.78 is 24.9. The number of rotatable bonds is 7. The number of aliphatic hydroxyl groups is 1. The monoisotopic (exact) mass is 442 g/mol. The van der Waals surface area contributed by atoms with Crippen LogP contribution in [0.3, 0.4) is 0 Å². The van der Waals surface area contributed by atoms with Gasteiger partial charge in [0.25, 0.3) is 0 Å². The third-order valence-electron chi connectivity index (χ3n) is 5.47. The van der Waals surface area contributed by atoms with Crippen molar-refractivity contribution in [2.45, 2.75) is 25.2 Å². The molecule has 1 aliphatic rings. The average Bonchev–Trinajstić information content (AvgIpc) is 3.25. The third-order valence-corrected chi connectivity index (χ3v) is 5.76. The topological polar surface area (TPSA) is 54.8 Å². The van der Waals surface area contributed by atoms with Crippen LogP contribution in [0.4, 0.5) is 10.1 Å². The van der Waals surface area contributed by atoms with Crippen LogP contribution in [0.1, 0.15) is 29.2 Å². The van der Waals surface area contributed by atoms with Gasteiger partial charge in [-0.05, 0) is 47.5 Å². The highest BCUT2D eigenvalue weighted by atomic mass is 35.5. The highest BCUT2D eigenvalue weighted by Gasteiger charge is 2.27. The molecular weight excluding hydrogens is 419 g/mol. The lowest BCUT2D eigenvalue weighted by Gasteiger charge is -2.24. The first kappa shape index (κ1) is 21.6. The van der Waals surface area contributed by atoms with Crippen molar-refractivity contribution in [2.24, 2.45) is 0 Å². The molecule has 2 aromatic carbocycles. The fourth-order valence-electron chi connectivity index (χ4n) is 3.96. The molecule has 0 radical (unpaired) electrons. The van der Waals surface area contributed by atoms with Crippen LogP contribution < -0.4 is 9.64 Å². The molecule has 2 atom stereocenters. The minimum Gasteiger partial charge on any atom is -0.471 e. The van der Waals surface area contributed by atoms with Gasteiger partial charge in [0.2, 0.25) is 5.88 Å². The van der Waals surface area contributed by atoms with Gasteiger partial charge in [0.05, 0.1) is 13.2 Å². The zero-order valence-corrected chi connectivity index (χ0v) is 17.9. The second-order valence-electron chi connectivity index (χ2n) is 7.48. The molecule has 162 valence electrons. The zero-order valence-electron chi connectivity index (χ0n) is 17.2. The molecule has 1 fully saturated rings. The van der Waals surface area contributed by atoms with Crippen molar-refractivity contribution in [1.29, 1.82) is 0 Å². The molecule has 0 bridgehead atoms. The number of pyridine rings is 1. The van der Waals surface area contributed by atoms with Gasteiger partial charge in [0, 0.05) is 37.5 Å². The maximum Gasteiger partial charge on any atom is 0.232 e. The minimum absolute atomic E-state index is 0.0374. The van der Waals surface area contributed by atoms with E-state index in [1.54, 1.807) is 37.6 Å². The maximum absolute atomic E-state index is 13.3. The quantitative estimate of drug-likeness (QED) is 0.571. The molecule has 0 spiro atoms. The fourth-order valence-corrected chi connectivity index (χ4v) is 4.13. The predicted octanol–water partition coefficient (Wildman–Crippen LogP) is 4.76. The predicted molar refractivity (Wildman–Crippen MR) is 118 cm³/mol. The van der Waals surface area contributed by atoms with Crippen LogP contribution in [-0.2, 0) is 11.3 Å². The summed E-state index contributed by atoms with van der Waals surface area (Å²) >= 11 is 6.16. The number of hydrogen-bond acceptors (Lipinski definition) is 5. The van der Waals surface area contributed by atoms with E-state index < -0.39 is 0 Å². The molecule has 1 aliphatic heterocycles. The van der Waals surface area contributed by atoms with Crippen LogP contribution in [0, 0.1) is 5.82 Å². The Kier molecular flexibility index (Phi) is 6.70. The largest absolute Gasteiger partial charge is 0.471 e. The van der Waals surface area contributed by atoms with Crippen molar-refractivity contribution in [3.05, 3.63) is 88.3 Å². The van der Waals surface area contributed by atoms with Crippen LogP contribution in [0.2, 0.25) is 5.02 Å². The Hall–Kier alpha value is -2.67. The van der Waals surface area contributed by atoms with Gasteiger partial charge in [-0.3, -0.25) is 0 Å². The first-order chi connectivity index (χ1) is 15.1. The fraction of sp³-hybridized carbons (Fsp3) is 0.292. The van der Waals surface area contributed by atoms with Gasteiger partial charge in [0.1, 0.15) is 23.0 Å². The second-order valence-corrected chi connectivity index (χ2v) is 7.89. The molecule has 0 saturated carbocycles. The van der Waals surface area contributed by atoms with Crippen LogP contribution in [0.15, 0.2) is 60.8 Å². The van der Waals surface area contributed by atoms with Crippen LogP contribution in [0.25, 0.3) is 0 Å². The molecule has 2 unspecified atom stereocenters. The van der Waals surface area contributed by atoms with Gasteiger partial charge in [-0.2, -0.15) is 0 Å². The van der Waals surface area contributed by atoms with Crippen molar-refractivity contribution in [2.75, 3.05) is 25.1 Å². The van der Waals surface area contributed by atoms with Crippen LogP contribution in [0.5, 0.6) is 5.88 Å². The molecule has 0 amide bonds. The minimum atomic E-state index is -0.346. The average molecular weight is 443 g/mol. The number of aliphatic hydroxyl groups excluding tert-OH is 1. The zero-order chi connectivity index (χ0) is 21.8. The van der Waals surface area contributed by atoms with Gasteiger partial charge in [-0.1, -0.05) is 29.8 Å². The first-order valence-electron chi connectivity index (χ1n) is 10.1. The summed E-state index contributed by atoms with van der Waals surface area (Å²) in [5, 5.41) is 10.5. The van der Waals surface area contributed by atoms with Crippen LogP contribution in [-0.4, -0.2) is 36.4 Å². The van der Waals surface area contributed by atoms with E-state index in [-0.39, 0.29) is 24.6 Å². The highest BCUT2D eigenvalue weighted by Crippen LogP contribution is 2.33. The van der Waals surface area contributed by atoms with Gasteiger partial charge < -0.3 is 19.5 Å². The highest BCUT2D eigenvalue weighted by molar-refractivity contribution is 6.31. The molecule has 1 saturated heterocycles. The molecule has 4 rings (SSSR count). The Labute approximate surface area is 186 Å². The Morgan fingerprint density at radius 1 is 1.19 bits per heavy atom. The van der Waals surface area contributed by atoms with Crippen molar-refractivity contribution in [3.8, 4) is 5.88 Å². The lowest BCUT2D eigenvalue weighted by atomic mass is 9.98. The van der Waals surface area contributed by atoms with Gasteiger partial charge in [-0.25, -0.2) is 9.37 Å². The molecular formula is C24H24ClFN2O3. The van der Waals surface area contributed by atoms with Gasteiger partial charge in [0.15, 0.2) is 0 Å². The van der Waals surface area contributed by atoms with E-state index in [0.29, 0.717) is 17.4 Å². The number of aromatic nitrogens is 1. The summed E-state index contributed by atoms with van der Waals surface area (Å²) in [6, 6.07) is 15.7. The Morgan fingerprint density at radius 2 is 1.97 bits per heavy atom. The van der Waals surface area contributed by atoms with E-state index in [2.05, 4.69) is 9.88 Å². The summed E-state index contributed by atoms with van der Waals surface area (Å²) in [4.78, 5) is 6.39. The second kappa shape index (κ2) is 9.64. The van der Waals surface area contributed by atoms with Crippen LogP contribution >= 0.6 is 11.6 Å². The number of methoxy groups -OCH3 is 1. The van der Waals surface area contributed by atoms with E-state index >= 15 is 0 Å². The summed E-state index contributed by atoms with van der Waals surface area (Å²) in [6.45, 7) is 1.37. The molecule has 2 heterocycles. The van der Waals surface area contributed by atoms with Crippen molar-refractivity contribution in [1.82, 2.24) is 4.98 Å². The third kappa shape index (κ3) is 4.82. The van der Waals surface area contributed by atoms with Crippen molar-refractivity contribution in [3.63, 3.8) is 0 Å². The van der Waals surface area contributed by atoms with Gasteiger partial charge in [-0.15, -0.1) is 0 Å². The molecule has 31 heavy (non-hydrogen) atoms. The lowest BCUT2D eigenvalue weighted by Crippen LogP contribution is -2.25. The number of hydrogen-bond donors (Lipinski definition) is 1. The molecule has 1 aromatic heterocycles. The Bertz CT molecular complexity index is 1030. The standard InChI is InChI=1S/C24H24ClFN2O3/c1-30-23(16-4-7-19(26)8-5-16)17-6-9-22(18(13-17)15-29)28-12-10-20(14-28)31-24-21(25)3-2-11-27-24/h2-9,11,13,20,23,29H,10,12,14-15H2,1H3. The molecule has 3 aromatic rings. The number of benzene rings is 2. The lowest BCUT2D eigenvalue weighted by molar-refractivity contribution is 0.136. The van der Waals surface area contributed by atoms with Gasteiger partial charge >= 0.3 is 0 Å². The smallest absolute Gasteiger partial charge is 0.232 e. The van der Waals surface area contributed by atoms with E-state index in [4.69, 9.17) is 21.1 Å². The molecule has 5 nitrogen and oxygen atoms in total. The number of nitrogens with zero attached hydrogens (tertiary/aromatic N) is 2. The molecule has 1 N–H and O–H groups in total. The Morgan fingerprint density at radius 3 is 2.68 bits per heavy atom. The van der Waals surface area contributed by atoms with Crippen molar-refractivity contribution < 1.29 is 19.0 Å². The first-order valence-corrected chi connectivity index (χ1v) is 10.5. The van der Waals surface area contributed by atoms with E-state index in [9.17, 15) is 9.50 Å². The number of anilines is 1. The van der Waals surface area contributed by atoms with Crippen molar-refractivity contribution >= 4 is 17.3 Å². The number of halogens is 2. The summed E-state index contributed by atoms with van der Waals surface area (Å²) in [5.74, 6) is 0.152. The van der Waals surface area contributed by atoms with E-state index in [1.165, 1.54) is 12.1 Å².